The molecule has 6 nitrogen and oxygen atoms in total. The predicted molar refractivity (Wildman–Crippen MR) is 73.7 cm³/mol. The van der Waals surface area contributed by atoms with E-state index in [1.807, 2.05) is 0 Å². The van der Waals surface area contributed by atoms with E-state index in [9.17, 15) is 14.4 Å². The van der Waals surface area contributed by atoms with Gasteiger partial charge in [0.05, 0.1) is 5.56 Å². The second-order valence-corrected chi connectivity index (χ2v) is 4.45. The molecule has 0 aliphatic heterocycles. The molecule has 2 aromatic heterocycles. The smallest absolute Gasteiger partial charge is 0.330 e. The lowest BCUT2D eigenvalue weighted by atomic mass is 10.2. The first-order chi connectivity index (χ1) is 9.40. The lowest BCUT2D eigenvalue weighted by Gasteiger charge is -2.02. The van der Waals surface area contributed by atoms with Crippen LogP contribution in [0.15, 0.2) is 38.4 Å². The maximum absolute atomic E-state index is 11.9. The maximum atomic E-state index is 11.9. The van der Waals surface area contributed by atoms with E-state index in [1.165, 1.54) is 37.0 Å². The summed E-state index contributed by atoms with van der Waals surface area (Å²) in [5.74, 6) is 0.508. The molecule has 0 unspecified atom stereocenters. The van der Waals surface area contributed by atoms with Crippen molar-refractivity contribution < 1.29 is 9.21 Å². The summed E-state index contributed by atoms with van der Waals surface area (Å²) < 4.78 is 7.46. The summed E-state index contributed by atoms with van der Waals surface area (Å²) in [5.41, 5.74) is -0.612. The zero-order valence-electron chi connectivity index (χ0n) is 11.4. The second-order valence-electron chi connectivity index (χ2n) is 4.45. The molecule has 0 bridgehead atoms. The monoisotopic (exact) mass is 274 g/mol. The number of carbonyl (C=O) groups is 1. The third kappa shape index (κ3) is 2.54. The number of furan rings is 1. The number of aryl methyl sites for hydroxylation is 2. The number of allylic oxidation sites excluding steroid dienone is 1. The lowest BCUT2D eigenvalue weighted by Crippen LogP contribution is -2.37. The van der Waals surface area contributed by atoms with Crippen LogP contribution >= 0.6 is 0 Å². The van der Waals surface area contributed by atoms with Gasteiger partial charge in [0.2, 0.25) is 5.78 Å². The second kappa shape index (κ2) is 5.16. The van der Waals surface area contributed by atoms with Gasteiger partial charge in [0, 0.05) is 20.3 Å². The first-order valence-corrected chi connectivity index (χ1v) is 5.95. The van der Waals surface area contributed by atoms with Crippen molar-refractivity contribution in [3.63, 3.8) is 0 Å². The van der Waals surface area contributed by atoms with Crippen LogP contribution in [0.4, 0.5) is 0 Å². The molecule has 2 rings (SSSR count). The molecule has 0 fully saturated rings. The van der Waals surface area contributed by atoms with E-state index in [0.717, 1.165) is 4.57 Å². The van der Waals surface area contributed by atoms with Crippen molar-refractivity contribution in [2.45, 2.75) is 6.92 Å². The molecule has 6 heteroatoms. The zero-order chi connectivity index (χ0) is 14.9. The van der Waals surface area contributed by atoms with Crippen molar-refractivity contribution in [1.82, 2.24) is 9.13 Å². The van der Waals surface area contributed by atoms with E-state index < -0.39 is 11.2 Å². The molecule has 0 spiro atoms. The van der Waals surface area contributed by atoms with Crippen LogP contribution in [0.5, 0.6) is 0 Å². The molecule has 0 saturated heterocycles. The Labute approximate surface area is 114 Å². The van der Waals surface area contributed by atoms with Crippen LogP contribution in [0.2, 0.25) is 0 Å². The number of carbonyl (C=O) groups excluding carboxylic acids is 1. The minimum absolute atomic E-state index is 0.209. The van der Waals surface area contributed by atoms with E-state index in [2.05, 4.69) is 0 Å². The normalized spacial score (nSPS) is 11.2. The summed E-state index contributed by atoms with van der Waals surface area (Å²) in [7, 11) is 2.93. The van der Waals surface area contributed by atoms with Crippen LogP contribution in [0.25, 0.3) is 6.08 Å². The van der Waals surface area contributed by atoms with Crippen molar-refractivity contribution in [2.24, 2.45) is 14.1 Å². The van der Waals surface area contributed by atoms with E-state index in [4.69, 9.17) is 4.42 Å². The molecule has 0 aliphatic carbocycles. The number of hydrogen-bond acceptors (Lipinski definition) is 4. The number of ketones is 1. The van der Waals surface area contributed by atoms with Crippen LogP contribution in [0.1, 0.15) is 21.9 Å². The van der Waals surface area contributed by atoms with Crippen molar-refractivity contribution in [3.8, 4) is 0 Å². The topological polar surface area (TPSA) is 74.2 Å². The van der Waals surface area contributed by atoms with Gasteiger partial charge in [0.1, 0.15) is 5.76 Å². The summed E-state index contributed by atoms with van der Waals surface area (Å²) in [6.07, 6.45) is 4.02. The quantitative estimate of drug-likeness (QED) is 0.615. The fraction of sp³-hybridized carbons (Fsp3) is 0.214. The highest BCUT2D eigenvalue weighted by molar-refractivity contribution is 6.04. The van der Waals surface area contributed by atoms with Gasteiger partial charge in [0.15, 0.2) is 5.76 Å². The van der Waals surface area contributed by atoms with Crippen LogP contribution in [-0.4, -0.2) is 14.9 Å². The van der Waals surface area contributed by atoms with Crippen molar-refractivity contribution in [2.75, 3.05) is 0 Å². The molecule has 0 N–H and O–H groups in total. The van der Waals surface area contributed by atoms with Gasteiger partial charge >= 0.3 is 5.69 Å². The van der Waals surface area contributed by atoms with E-state index in [-0.39, 0.29) is 17.1 Å². The summed E-state index contributed by atoms with van der Waals surface area (Å²) in [4.78, 5) is 35.2. The van der Waals surface area contributed by atoms with Crippen LogP contribution in [0.3, 0.4) is 0 Å². The minimum atomic E-state index is -0.451. The van der Waals surface area contributed by atoms with Crippen molar-refractivity contribution in [3.05, 3.63) is 62.3 Å². The fourth-order valence-corrected chi connectivity index (χ4v) is 1.77. The highest BCUT2D eigenvalue weighted by atomic mass is 16.3. The molecule has 20 heavy (non-hydrogen) atoms. The molecule has 2 heterocycles. The Kier molecular flexibility index (Phi) is 3.56. The standard InChI is InChI=1S/C14H14N2O4/c1-9-4-7-12(20-9)11(17)6-5-10-8-15(2)14(19)16(3)13(10)18/h4-8H,1-3H3. The largest absolute Gasteiger partial charge is 0.458 e. The third-order valence-corrected chi connectivity index (χ3v) is 2.87. The Balaban J connectivity index is 2.35. The first-order valence-electron chi connectivity index (χ1n) is 5.95. The van der Waals surface area contributed by atoms with E-state index in [0.29, 0.717) is 5.76 Å². The molecule has 2 aromatic rings. The Hall–Kier alpha value is -2.63. The van der Waals surface area contributed by atoms with Gasteiger partial charge in [-0.2, -0.15) is 0 Å². The number of rotatable bonds is 3. The molecule has 0 aliphatic rings. The summed E-state index contributed by atoms with van der Waals surface area (Å²) >= 11 is 0. The SMILES string of the molecule is Cc1ccc(C(=O)C=Cc2cn(C)c(=O)n(C)c2=O)o1. The molecule has 0 atom stereocenters. The van der Waals surface area contributed by atoms with Gasteiger partial charge in [0.25, 0.3) is 5.56 Å². The molecular formula is C14H14N2O4. The van der Waals surface area contributed by atoms with Gasteiger partial charge in [-0.25, -0.2) is 4.79 Å². The molecule has 0 aromatic carbocycles. The van der Waals surface area contributed by atoms with Crippen molar-refractivity contribution >= 4 is 11.9 Å². The highest BCUT2D eigenvalue weighted by Crippen LogP contribution is 2.08. The maximum Gasteiger partial charge on any atom is 0.330 e. The first kappa shape index (κ1) is 13.8. The predicted octanol–water partition coefficient (Wildman–Crippen LogP) is 0.882. The van der Waals surface area contributed by atoms with Gasteiger partial charge in [-0.05, 0) is 31.2 Å². The summed E-state index contributed by atoms with van der Waals surface area (Å²) in [6, 6.07) is 3.26. The highest BCUT2D eigenvalue weighted by Gasteiger charge is 2.08. The Morgan fingerprint density at radius 2 is 1.95 bits per heavy atom. The fourth-order valence-electron chi connectivity index (χ4n) is 1.77. The number of nitrogens with zero attached hydrogens (tertiary/aromatic N) is 2. The molecule has 0 radical (unpaired) electrons. The Morgan fingerprint density at radius 1 is 1.25 bits per heavy atom. The zero-order valence-corrected chi connectivity index (χ0v) is 11.4. The number of aromatic nitrogens is 2. The van der Waals surface area contributed by atoms with Gasteiger partial charge < -0.3 is 8.98 Å². The molecule has 0 amide bonds. The van der Waals surface area contributed by atoms with Crippen LogP contribution in [-0.2, 0) is 14.1 Å². The average Bonchev–Trinajstić information content (AvgIpc) is 2.85. The van der Waals surface area contributed by atoms with E-state index in [1.54, 1.807) is 19.1 Å². The molecular weight excluding hydrogens is 260 g/mol. The van der Waals surface area contributed by atoms with Gasteiger partial charge in [-0.15, -0.1) is 0 Å². The Morgan fingerprint density at radius 3 is 2.55 bits per heavy atom. The van der Waals surface area contributed by atoms with Crippen molar-refractivity contribution in [1.29, 1.82) is 0 Å². The van der Waals surface area contributed by atoms with E-state index >= 15 is 0 Å². The van der Waals surface area contributed by atoms with Crippen LogP contribution in [0, 0.1) is 6.92 Å². The average molecular weight is 274 g/mol. The summed E-state index contributed by atoms with van der Waals surface area (Å²) in [5, 5.41) is 0. The molecule has 104 valence electrons. The van der Waals surface area contributed by atoms with Gasteiger partial charge in [-0.1, -0.05) is 0 Å². The Bertz CT molecular complexity index is 805. The lowest BCUT2D eigenvalue weighted by molar-refractivity contribution is 0.102. The minimum Gasteiger partial charge on any atom is -0.458 e. The molecule has 0 saturated carbocycles. The number of hydrogen-bond donors (Lipinski definition) is 0. The third-order valence-electron chi connectivity index (χ3n) is 2.87. The summed E-state index contributed by atoms with van der Waals surface area (Å²) in [6.45, 7) is 1.74. The van der Waals surface area contributed by atoms with Gasteiger partial charge in [-0.3, -0.25) is 14.2 Å². The van der Waals surface area contributed by atoms with Crippen LogP contribution < -0.4 is 11.2 Å².